The first kappa shape index (κ1) is 18.4. The van der Waals surface area contributed by atoms with Gasteiger partial charge in [-0.05, 0) is 60.2 Å². The Kier molecular flexibility index (Phi) is 4.72. The molecule has 1 amide bonds. The van der Waals surface area contributed by atoms with Crippen molar-refractivity contribution in [2.24, 2.45) is 16.0 Å². The molecule has 8 heteroatoms. The molecule has 0 saturated heterocycles. The van der Waals surface area contributed by atoms with Crippen LogP contribution >= 0.6 is 11.8 Å². The Morgan fingerprint density at radius 1 is 1.25 bits per heavy atom. The van der Waals surface area contributed by atoms with Crippen LogP contribution in [0.3, 0.4) is 0 Å². The molecule has 2 aromatic rings. The van der Waals surface area contributed by atoms with E-state index in [1.165, 1.54) is 35.0 Å². The number of furan rings is 1. The van der Waals surface area contributed by atoms with Gasteiger partial charge >= 0.3 is 0 Å². The van der Waals surface area contributed by atoms with Crippen molar-refractivity contribution in [1.82, 2.24) is 5.01 Å². The van der Waals surface area contributed by atoms with E-state index in [1.54, 1.807) is 24.3 Å². The smallest absolute Gasteiger partial charge is 0.283 e. The fourth-order valence-corrected chi connectivity index (χ4v) is 3.90. The quantitative estimate of drug-likeness (QED) is 0.756. The lowest BCUT2D eigenvalue weighted by molar-refractivity contribution is -0.114. The van der Waals surface area contributed by atoms with Crippen LogP contribution in [0, 0.1) is 17.1 Å². The number of aliphatic imine (C=N–C) groups is 1. The standard InChI is InChI=1S/C20H17FN4O2S/c1-11(2)9-17-24-25-18(22)15(19(26)23-20(25)28-17)10-14-7-8-16(27-14)12-3-5-13(21)6-4-12/h3-8,10-11,22H,9H2,1-2H3. The zero-order valence-corrected chi connectivity index (χ0v) is 16.1. The molecule has 1 N–H and O–H groups in total. The van der Waals surface area contributed by atoms with E-state index in [4.69, 9.17) is 9.83 Å². The van der Waals surface area contributed by atoms with Crippen LogP contribution in [0.15, 0.2) is 56.5 Å². The van der Waals surface area contributed by atoms with Gasteiger partial charge in [-0.15, -0.1) is 0 Å². The number of nitrogens with one attached hydrogen (secondary N) is 1. The number of halogens is 1. The van der Waals surface area contributed by atoms with Crippen molar-refractivity contribution in [2.75, 3.05) is 0 Å². The lowest BCUT2D eigenvalue weighted by Crippen LogP contribution is -2.35. The van der Waals surface area contributed by atoms with Gasteiger partial charge in [0.05, 0.1) is 5.57 Å². The van der Waals surface area contributed by atoms with Crippen molar-refractivity contribution in [3.63, 3.8) is 0 Å². The first-order chi connectivity index (χ1) is 13.4. The Morgan fingerprint density at radius 2 is 2.00 bits per heavy atom. The van der Waals surface area contributed by atoms with Crippen LogP contribution in [0.2, 0.25) is 0 Å². The molecule has 6 nitrogen and oxygen atoms in total. The highest BCUT2D eigenvalue weighted by molar-refractivity contribution is 8.26. The van der Waals surface area contributed by atoms with E-state index in [1.807, 2.05) is 0 Å². The summed E-state index contributed by atoms with van der Waals surface area (Å²) in [6, 6.07) is 9.35. The lowest BCUT2D eigenvalue weighted by atomic mass is 10.1. The molecule has 28 heavy (non-hydrogen) atoms. The van der Waals surface area contributed by atoms with Gasteiger partial charge in [-0.25, -0.2) is 4.39 Å². The molecule has 142 valence electrons. The van der Waals surface area contributed by atoms with Gasteiger partial charge in [-0.2, -0.15) is 15.1 Å². The average molecular weight is 396 g/mol. The number of benzene rings is 1. The van der Waals surface area contributed by atoms with E-state index < -0.39 is 5.91 Å². The molecule has 0 unspecified atom stereocenters. The number of carbonyl (C=O) groups is 1. The molecular formula is C20H17FN4O2S. The molecule has 2 aliphatic rings. The van der Waals surface area contributed by atoms with Gasteiger partial charge in [0.1, 0.15) is 22.4 Å². The van der Waals surface area contributed by atoms with Gasteiger partial charge in [0.15, 0.2) is 5.84 Å². The van der Waals surface area contributed by atoms with Crippen LogP contribution in [-0.4, -0.2) is 27.0 Å². The Morgan fingerprint density at radius 3 is 2.71 bits per heavy atom. The Hall–Kier alpha value is -3.00. The van der Waals surface area contributed by atoms with E-state index in [-0.39, 0.29) is 17.2 Å². The molecule has 4 rings (SSSR count). The minimum absolute atomic E-state index is 0.0269. The van der Waals surface area contributed by atoms with E-state index in [0.29, 0.717) is 22.6 Å². The Balaban J connectivity index is 1.60. The van der Waals surface area contributed by atoms with Gasteiger partial charge in [0.25, 0.3) is 5.91 Å². The van der Waals surface area contributed by atoms with Crippen LogP contribution in [0.4, 0.5) is 4.39 Å². The van der Waals surface area contributed by atoms with Gasteiger partial charge in [0.2, 0.25) is 5.17 Å². The maximum Gasteiger partial charge on any atom is 0.283 e. The van der Waals surface area contributed by atoms with E-state index in [0.717, 1.165) is 17.0 Å². The molecule has 0 atom stereocenters. The van der Waals surface area contributed by atoms with Crippen molar-refractivity contribution >= 4 is 39.8 Å². The van der Waals surface area contributed by atoms with Crippen molar-refractivity contribution in [3.05, 3.63) is 53.5 Å². The second-order valence-electron chi connectivity index (χ2n) is 6.82. The van der Waals surface area contributed by atoms with Crippen molar-refractivity contribution < 1.29 is 13.6 Å². The fourth-order valence-electron chi connectivity index (χ4n) is 2.81. The molecule has 0 bridgehead atoms. The zero-order chi connectivity index (χ0) is 19.8. The fraction of sp³-hybridized carbons (Fsp3) is 0.200. The summed E-state index contributed by atoms with van der Waals surface area (Å²) in [7, 11) is 0. The monoisotopic (exact) mass is 396 g/mol. The molecule has 1 aromatic carbocycles. The predicted molar refractivity (Wildman–Crippen MR) is 109 cm³/mol. The highest BCUT2D eigenvalue weighted by Crippen LogP contribution is 2.31. The van der Waals surface area contributed by atoms with Crippen LogP contribution in [0.1, 0.15) is 26.0 Å². The molecule has 0 spiro atoms. The summed E-state index contributed by atoms with van der Waals surface area (Å²) in [5, 5.41) is 15.4. The van der Waals surface area contributed by atoms with Gasteiger partial charge in [-0.1, -0.05) is 13.8 Å². The number of rotatable bonds is 4. The summed E-state index contributed by atoms with van der Waals surface area (Å²) in [5.74, 6) is 0.518. The minimum Gasteiger partial charge on any atom is -0.457 e. The first-order valence-corrected chi connectivity index (χ1v) is 9.57. The van der Waals surface area contributed by atoms with E-state index in [2.05, 4.69) is 23.9 Å². The van der Waals surface area contributed by atoms with Gasteiger partial charge in [-0.3, -0.25) is 10.2 Å². The molecule has 0 saturated carbocycles. The number of hydrazone groups is 1. The van der Waals surface area contributed by atoms with Gasteiger partial charge in [0, 0.05) is 12.0 Å². The highest BCUT2D eigenvalue weighted by Gasteiger charge is 2.35. The van der Waals surface area contributed by atoms with E-state index in [9.17, 15) is 9.18 Å². The summed E-state index contributed by atoms with van der Waals surface area (Å²) in [4.78, 5) is 16.5. The second kappa shape index (κ2) is 7.20. The molecule has 0 aliphatic carbocycles. The molecular weight excluding hydrogens is 379 g/mol. The predicted octanol–water partition coefficient (Wildman–Crippen LogP) is 4.75. The average Bonchev–Trinajstić information content (AvgIpc) is 3.26. The highest BCUT2D eigenvalue weighted by atomic mass is 32.2. The zero-order valence-electron chi connectivity index (χ0n) is 15.3. The number of amidine groups is 2. The second-order valence-corrected chi connectivity index (χ2v) is 7.86. The minimum atomic E-state index is -0.496. The number of carbonyl (C=O) groups excluding carboxylic acids is 1. The number of nitrogens with zero attached hydrogens (tertiary/aromatic N) is 3. The normalized spacial score (nSPS) is 18.0. The third kappa shape index (κ3) is 3.55. The van der Waals surface area contributed by atoms with Crippen molar-refractivity contribution in [3.8, 4) is 11.3 Å². The Labute approximate surface area is 165 Å². The maximum absolute atomic E-state index is 13.1. The Bertz CT molecular complexity index is 1050. The number of hydrogen-bond acceptors (Lipinski definition) is 5. The topological polar surface area (TPSA) is 82.0 Å². The van der Waals surface area contributed by atoms with Crippen molar-refractivity contribution in [2.45, 2.75) is 20.3 Å². The number of amides is 1. The van der Waals surface area contributed by atoms with Crippen molar-refractivity contribution in [1.29, 1.82) is 5.41 Å². The molecule has 0 radical (unpaired) electrons. The summed E-state index contributed by atoms with van der Waals surface area (Å²) in [6.45, 7) is 4.17. The summed E-state index contributed by atoms with van der Waals surface area (Å²) < 4.78 is 18.8. The first-order valence-electron chi connectivity index (χ1n) is 8.75. The van der Waals surface area contributed by atoms with Crippen LogP contribution < -0.4 is 0 Å². The van der Waals surface area contributed by atoms with Gasteiger partial charge < -0.3 is 4.42 Å². The largest absolute Gasteiger partial charge is 0.457 e. The SMILES string of the molecule is CC(C)CC1=NN2C(=N)C(=Cc3ccc(-c4ccc(F)cc4)o3)C(=O)N=C2S1. The van der Waals surface area contributed by atoms with E-state index >= 15 is 0 Å². The van der Waals surface area contributed by atoms with Crippen LogP contribution in [-0.2, 0) is 4.79 Å². The number of thioether (sulfide) groups is 1. The molecule has 1 aromatic heterocycles. The van der Waals surface area contributed by atoms with Crippen LogP contribution in [0.25, 0.3) is 17.4 Å². The number of hydrogen-bond donors (Lipinski definition) is 1. The third-order valence-electron chi connectivity index (χ3n) is 4.12. The molecule has 2 aliphatic heterocycles. The third-order valence-corrected chi connectivity index (χ3v) is 5.05. The number of fused-ring (bicyclic) bond motifs is 1. The maximum atomic E-state index is 13.1. The summed E-state index contributed by atoms with van der Waals surface area (Å²) >= 11 is 1.32. The summed E-state index contributed by atoms with van der Waals surface area (Å²) in [5.41, 5.74) is 0.828. The summed E-state index contributed by atoms with van der Waals surface area (Å²) in [6.07, 6.45) is 2.25. The lowest BCUT2D eigenvalue weighted by Gasteiger charge is -2.19. The van der Waals surface area contributed by atoms with Crippen LogP contribution in [0.5, 0.6) is 0 Å². The molecule has 3 heterocycles. The molecule has 0 fully saturated rings.